The molecule has 0 bridgehead atoms. The molecule has 25 heavy (non-hydrogen) atoms. The zero-order valence-electron chi connectivity index (χ0n) is 15.1. The maximum atomic E-state index is 12.0. The number of thiocarbonyl (C=S) groups is 1. The lowest BCUT2D eigenvalue weighted by Gasteiger charge is -2.06. The van der Waals surface area contributed by atoms with Crippen LogP contribution >= 0.6 is 23.8 Å². The van der Waals surface area contributed by atoms with Gasteiger partial charge in [0.2, 0.25) is 0 Å². The van der Waals surface area contributed by atoms with Crippen molar-refractivity contribution in [2.75, 3.05) is 6.61 Å². The Labute approximate surface area is 161 Å². The Hall–Kier alpha value is -1.22. The third-order valence-electron chi connectivity index (χ3n) is 4.08. The molecule has 1 rings (SSSR count). The van der Waals surface area contributed by atoms with Crippen molar-refractivity contribution in [2.24, 2.45) is 4.99 Å². The van der Waals surface area contributed by atoms with Crippen LogP contribution in [0.25, 0.3) is 0 Å². The van der Waals surface area contributed by atoms with Crippen molar-refractivity contribution < 1.29 is 9.53 Å². The average molecular weight is 382 g/mol. The van der Waals surface area contributed by atoms with Crippen LogP contribution in [-0.2, 0) is 4.74 Å². The van der Waals surface area contributed by atoms with Crippen molar-refractivity contribution in [3.63, 3.8) is 0 Å². The van der Waals surface area contributed by atoms with E-state index in [2.05, 4.69) is 29.3 Å². The van der Waals surface area contributed by atoms with E-state index in [4.69, 9.17) is 16.3 Å². The molecule has 3 nitrogen and oxygen atoms in total. The molecule has 0 atom stereocenters. The second-order valence-corrected chi connectivity index (χ2v) is 6.78. The van der Waals surface area contributed by atoms with E-state index in [-0.39, 0.29) is 5.97 Å². The van der Waals surface area contributed by atoms with Crippen molar-refractivity contribution in [1.82, 2.24) is 0 Å². The highest BCUT2D eigenvalue weighted by Gasteiger charge is 2.09. The van der Waals surface area contributed by atoms with Crippen LogP contribution in [-0.4, -0.2) is 17.7 Å². The highest BCUT2D eigenvalue weighted by Crippen LogP contribution is 2.25. The zero-order chi connectivity index (χ0) is 18.3. The molecule has 0 saturated heterocycles. The monoisotopic (exact) mass is 381 g/mol. The number of ether oxygens (including phenoxy) is 1. The maximum Gasteiger partial charge on any atom is 0.338 e. The molecule has 0 aliphatic carbocycles. The Balaban J connectivity index is 2.13. The fourth-order valence-electron chi connectivity index (χ4n) is 2.61. The number of carbonyl (C=O) groups is 1. The molecule has 138 valence electrons. The quantitative estimate of drug-likeness (QED) is 0.157. The van der Waals surface area contributed by atoms with Gasteiger partial charge < -0.3 is 4.74 Å². The first-order valence-electron chi connectivity index (χ1n) is 9.23. The lowest BCUT2D eigenvalue weighted by molar-refractivity contribution is 0.0497. The molecule has 0 radical (unpaired) electrons. The van der Waals surface area contributed by atoms with Crippen LogP contribution in [0.1, 0.15) is 81.5 Å². The molecule has 0 spiro atoms. The summed E-state index contributed by atoms with van der Waals surface area (Å²) in [7, 11) is 0. The van der Waals surface area contributed by atoms with Gasteiger partial charge in [-0.15, -0.1) is 0 Å². The summed E-state index contributed by atoms with van der Waals surface area (Å²) in [4.78, 5) is 15.9. The van der Waals surface area contributed by atoms with E-state index in [1.54, 1.807) is 18.2 Å². The average Bonchev–Trinajstić information content (AvgIpc) is 2.61. The molecule has 0 heterocycles. The minimum atomic E-state index is -0.353. The van der Waals surface area contributed by atoms with Gasteiger partial charge >= 0.3 is 5.97 Å². The van der Waals surface area contributed by atoms with E-state index in [1.807, 2.05) is 0 Å². The number of benzene rings is 1. The van der Waals surface area contributed by atoms with Crippen molar-refractivity contribution in [1.29, 1.82) is 0 Å². The van der Waals surface area contributed by atoms with E-state index in [1.165, 1.54) is 51.4 Å². The standard InChI is InChI=1S/C20H28ClNO2S/c1-2-3-4-5-6-7-8-9-10-11-14-24-20(23)17-12-13-18(21)19(15-17)22-16-25/h12-13,15H,2-11,14H2,1H3. The van der Waals surface area contributed by atoms with Gasteiger partial charge in [0.05, 0.1) is 28.0 Å². The number of rotatable bonds is 13. The summed E-state index contributed by atoms with van der Waals surface area (Å²) in [6.45, 7) is 2.69. The topological polar surface area (TPSA) is 38.7 Å². The molecule has 1 aromatic carbocycles. The van der Waals surface area contributed by atoms with Gasteiger partial charge in [-0.1, -0.05) is 76.3 Å². The second kappa shape index (κ2) is 14.0. The van der Waals surface area contributed by atoms with Crippen LogP contribution in [0.2, 0.25) is 5.02 Å². The summed E-state index contributed by atoms with van der Waals surface area (Å²) in [6, 6.07) is 4.82. The van der Waals surface area contributed by atoms with Crippen LogP contribution < -0.4 is 0 Å². The Kier molecular flexibility index (Phi) is 12.2. The van der Waals surface area contributed by atoms with Gasteiger partial charge in [0.15, 0.2) is 0 Å². The van der Waals surface area contributed by atoms with Crippen molar-refractivity contribution in [3.05, 3.63) is 28.8 Å². The first-order chi connectivity index (χ1) is 12.2. The third-order valence-corrected chi connectivity index (χ3v) is 4.49. The predicted octanol–water partition coefficient (Wildman–Crippen LogP) is 7.15. The smallest absolute Gasteiger partial charge is 0.338 e. The minimum absolute atomic E-state index is 0.353. The SMILES string of the molecule is CCCCCCCCCCCCOC(=O)c1ccc(Cl)c(N=C=S)c1. The summed E-state index contributed by atoms with van der Waals surface area (Å²) in [5.41, 5.74) is 0.866. The molecule has 0 saturated carbocycles. The number of isothiocyanates is 1. The largest absolute Gasteiger partial charge is 0.462 e. The van der Waals surface area contributed by atoms with Gasteiger partial charge in [-0.2, -0.15) is 4.99 Å². The van der Waals surface area contributed by atoms with Gasteiger partial charge in [-0.05, 0) is 36.8 Å². The first-order valence-corrected chi connectivity index (χ1v) is 10.0. The van der Waals surface area contributed by atoms with Gasteiger partial charge in [-0.25, -0.2) is 4.79 Å². The lowest BCUT2D eigenvalue weighted by Crippen LogP contribution is -2.06. The number of aliphatic imine (C=N–C) groups is 1. The molecule has 0 unspecified atom stereocenters. The van der Waals surface area contributed by atoms with Gasteiger partial charge in [0.25, 0.3) is 0 Å². The number of hydrogen-bond acceptors (Lipinski definition) is 4. The second-order valence-electron chi connectivity index (χ2n) is 6.19. The summed E-state index contributed by atoms with van der Waals surface area (Å²) < 4.78 is 5.30. The van der Waals surface area contributed by atoms with Gasteiger partial charge in [0, 0.05) is 0 Å². The number of hydrogen-bond donors (Lipinski definition) is 0. The maximum absolute atomic E-state index is 12.0. The molecule has 0 aliphatic rings. The molecular weight excluding hydrogens is 354 g/mol. The number of esters is 1. The Morgan fingerprint density at radius 1 is 1.08 bits per heavy atom. The van der Waals surface area contributed by atoms with E-state index < -0.39 is 0 Å². The molecule has 0 amide bonds. The van der Waals surface area contributed by atoms with Crippen LogP contribution in [0.4, 0.5) is 5.69 Å². The molecule has 0 fully saturated rings. The predicted molar refractivity (Wildman–Crippen MR) is 108 cm³/mol. The van der Waals surface area contributed by atoms with Crippen molar-refractivity contribution >= 4 is 40.6 Å². The van der Waals surface area contributed by atoms with E-state index in [9.17, 15) is 4.79 Å². The fourth-order valence-corrected chi connectivity index (χ4v) is 2.87. The molecule has 5 heteroatoms. The molecule has 1 aromatic rings. The van der Waals surface area contributed by atoms with Crippen LogP contribution in [0.5, 0.6) is 0 Å². The first kappa shape index (κ1) is 21.8. The van der Waals surface area contributed by atoms with Crippen LogP contribution in [0.3, 0.4) is 0 Å². The van der Waals surface area contributed by atoms with Crippen LogP contribution in [0.15, 0.2) is 23.2 Å². The number of nitrogens with zero attached hydrogens (tertiary/aromatic N) is 1. The highest BCUT2D eigenvalue weighted by atomic mass is 35.5. The summed E-state index contributed by atoms with van der Waals surface area (Å²) in [5.74, 6) is -0.353. The Morgan fingerprint density at radius 3 is 2.28 bits per heavy atom. The van der Waals surface area contributed by atoms with Gasteiger partial charge in [-0.3, -0.25) is 0 Å². The number of halogens is 1. The van der Waals surface area contributed by atoms with E-state index in [0.717, 1.165) is 12.8 Å². The Morgan fingerprint density at radius 2 is 1.68 bits per heavy atom. The minimum Gasteiger partial charge on any atom is -0.462 e. The Bertz CT molecular complexity index is 571. The number of unbranched alkanes of at least 4 members (excludes halogenated alkanes) is 9. The molecular formula is C20H28ClNO2S. The summed E-state index contributed by atoms with van der Waals surface area (Å²) in [6.07, 6.45) is 12.5. The molecule has 0 aromatic heterocycles. The highest BCUT2D eigenvalue weighted by molar-refractivity contribution is 7.78. The normalized spacial score (nSPS) is 10.3. The summed E-state index contributed by atoms with van der Waals surface area (Å²) >= 11 is 10.5. The molecule has 0 N–H and O–H groups in total. The third kappa shape index (κ3) is 9.74. The molecule has 0 aliphatic heterocycles. The fraction of sp³-hybridized carbons (Fsp3) is 0.600. The van der Waals surface area contributed by atoms with Gasteiger partial charge in [0.1, 0.15) is 0 Å². The van der Waals surface area contributed by atoms with E-state index >= 15 is 0 Å². The van der Waals surface area contributed by atoms with Crippen LogP contribution in [0, 0.1) is 0 Å². The van der Waals surface area contributed by atoms with Crippen molar-refractivity contribution in [2.45, 2.75) is 71.1 Å². The van der Waals surface area contributed by atoms with Crippen molar-refractivity contribution in [3.8, 4) is 0 Å². The number of carbonyl (C=O) groups excluding carboxylic acids is 1. The van der Waals surface area contributed by atoms with E-state index in [0.29, 0.717) is 22.9 Å². The zero-order valence-corrected chi connectivity index (χ0v) is 16.6. The summed E-state index contributed by atoms with van der Waals surface area (Å²) in [5, 5.41) is 2.69. The lowest BCUT2D eigenvalue weighted by atomic mass is 10.1.